The lowest BCUT2D eigenvalue weighted by molar-refractivity contribution is -0.130. The van der Waals surface area contributed by atoms with E-state index in [0.717, 1.165) is 67.3 Å². The van der Waals surface area contributed by atoms with E-state index < -0.39 is 5.92 Å². The summed E-state index contributed by atoms with van der Waals surface area (Å²) >= 11 is 1.63. The highest BCUT2D eigenvalue weighted by Gasteiger charge is 2.30. The van der Waals surface area contributed by atoms with Crippen molar-refractivity contribution in [2.24, 2.45) is 11.8 Å². The van der Waals surface area contributed by atoms with Crippen molar-refractivity contribution in [2.75, 3.05) is 32.8 Å². The van der Waals surface area contributed by atoms with E-state index in [1.807, 2.05) is 6.92 Å². The Bertz CT molecular complexity index is 1170. The van der Waals surface area contributed by atoms with Crippen LogP contribution in [-0.2, 0) is 25.5 Å². The second-order valence-corrected chi connectivity index (χ2v) is 13.8. The van der Waals surface area contributed by atoms with Crippen molar-refractivity contribution in [2.45, 2.75) is 110 Å². The summed E-state index contributed by atoms with van der Waals surface area (Å²) in [6, 6.07) is 6.36. The Morgan fingerprint density at radius 1 is 1.07 bits per heavy atom. The number of nitrogens with zero attached hydrogens (tertiary/aromatic N) is 2. The average molecular weight is 598 g/mol. The maximum atomic E-state index is 13.8. The van der Waals surface area contributed by atoms with Gasteiger partial charge in [0.2, 0.25) is 5.91 Å². The highest BCUT2D eigenvalue weighted by Crippen LogP contribution is 2.31. The number of ketones is 2. The highest BCUT2D eigenvalue weighted by atomic mass is 32.1. The molecule has 1 N–H and O–H groups in total. The molecule has 1 amide bonds. The third-order valence-electron chi connectivity index (χ3n) is 9.10. The van der Waals surface area contributed by atoms with Gasteiger partial charge in [-0.2, -0.15) is 0 Å². The van der Waals surface area contributed by atoms with Gasteiger partial charge in [0.25, 0.3) is 0 Å². The molecule has 232 valence electrons. The third kappa shape index (κ3) is 9.95. The smallest absolute Gasteiger partial charge is 0.224 e. The van der Waals surface area contributed by atoms with Gasteiger partial charge in [0.1, 0.15) is 11.6 Å². The molecular formula is C34H51N3O4S. The lowest BCUT2D eigenvalue weighted by Gasteiger charge is -2.32. The first-order chi connectivity index (χ1) is 20.3. The number of benzene rings is 1. The van der Waals surface area contributed by atoms with Crippen LogP contribution >= 0.6 is 11.3 Å². The van der Waals surface area contributed by atoms with Crippen LogP contribution < -0.4 is 5.32 Å². The van der Waals surface area contributed by atoms with Crippen molar-refractivity contribution in [3.8, 4) is 0 Å². The van der Waals surface area contributed by atoms with Crippen LogP contribution in [0.2, 0.25) is 0 Å². The van der Waals surface area contributed by atoms with Crippen molar-refractivity contribution in [1.82, 2.24) is 15.2 Å². The fourth-order valence-corrected chi connectivity index (χ4v) is 7.45. The van der Waals surface area contributed by atoms with E-state index in [-0.39, 0.29) is 29.9 Å². The van der Waals surface area contributed by atoms with E-state index in [2.05, 4.69) is 42.3 Å². The summed E-state index contributed by atoms with van der Waals surface area (Å²) in [5, 5.41) is 4.27. The zero-order chi connectivity index (χ0) is 29.9. The molecule has 0 bridgehead atoms. The van der Waals surface area contributed by atoms with Gasteiger partial charge in [0.05, 0.1) is 34.4 Å². The van der Waals surface area contributed by atoms with Crippen LogP contribution in [0.15, 0.2) is 18.2 Å². The minimum atomic E-state index is -0.446. The molecule has 2 heterocycles. The second-order valence-electron chi connectivity index (χ2n) is 12.6. The quantitative estimate of drug-likeness (QED) is 0.239. The number of thiazole rings is 1. The van der Waals surface area contributed by atoms with E-state index in [4.69, 9.17) is 9.72 Å². The molecule has 4 rings (SSSR count). The predicted molar refractivity (Wildman–Crippen MR) is 170 cm³/mol. The van der Waals surface area contributed by atoms with Crippen molar-refractivity contribution in [3.63, 3.8) is 0 Å². The van der Waals surface area contributed by atoms with Crippen molar-refractivity contribution < 1.29 is 19.1 Å². The summed E-state index contributed by atoms with van der Waals surface area (Å²) in [7, 11) is 0. The topological polar surface area (TPSA) is 88.6 Å². The van der Waals surface area contributed by atoms with E-state index in [0.29, 0.717) is 43.9 Å². The standard InChI is InChI=1S/C34H51N3O4S/c1-4-28(38)21-27(23-33-35-31-14-12-26(24(2)3)22-32(31)42-33)34(40)36-30(25-9-6-5-7-10-25)15-13-29(39)11-8-16-37-17-19-41-20-18-37/h12,14,22,24-25,27,30H,4-11,13,15-21,23H2,1-3H3,(H,36,40)/t27-,30+/m0/s1. The Labute approximate surface area is 256 Å². The van der Waals surface area contributed by atoms with Crippen molar-refractivity contribution >= 4 is 39.0 Å². The number of carbonyl (C=O) groups excluding carboxylic acids is 3. The Balaban J connectivity index is 1.39. The number of morpholine rings is 1. The molecule has 0 radical (unpaired) electrons. The lowest BCUT2D eigenvalue weighted by Crippen LogP contribution is -2.45. The van der Waals surface area contributed by atoms with Gasteiger partial charge >= 0.3 is 0 Å². The minimum absolute atomic E-state index is 0.0239. The number of carbonyl (C=O) groups is 3. The first-order valence-corrected chi connectivity index (χ1v) is 17.2. The zero-order valence-electron chi connectivity index (χ0n) is 26.0. The average Bonchev–Trinajstić information content (AvgIpc) is 3.41. The molecule has 1 aromatic carbocycles. The fraction of sp³-hybridized carbons (Fsp3) is 0.706. The summed E-state index contributed by atoms with van der Waals surface area (Å²) in [5.41, 5.74) is 2.23. The van der Waals surface area contributed by atoms with Crippen LogP contribution in [-0.4, -0.2) is 66.2 Å². The predicted octanol–water partition coefficient (Wildman–Crippen LogP) is 6.47. The van der Waals surface area contributed by atoms with Crippen molar-refractivity contribution in [1.29, 1.82) is 0 Å². The first-order valence-electron chi connectivity index (χ1n) is 16.4. The summed E-state index contributed by atoms with van der Waals surface area (Å²) in [4.78, 5) is 46.5. The van der Waals surface area contributed by atoms with Gasteiger partial charge < -0.3 is 10.1 Å². The van der Waals surface area contributed by atoms with E-state index in [9.17, 15) is 14.4 Å². The number of fused-ring (bicyclic) bond motifs is 1. The number of ether oxygens (including phenoxy) is 1. The molecule has 2 aromatic rings. The van der Waals surface area contributed by atoms with Crippen LogP contribution in [0.3, 0.4) is 0 Å². The Hall–Kier alpha value is -2.16. The summed E-state index contributed by atoms with van der Waals surface area (Å²) < 4.78 is 6.55. The molecule has 1 aliphatic carbocycles. The molecule has 1 aromatic heterocycles. The number of aromatic nitrogens is 1. The van der Waals surface area contributed by atoms with Gasteiger partial charge in [-0.25, -0.2) is 4.98 Å². The molecule has 1 aliphatic heterocycles. The minimum Gasteiger partial charge on any atom is -0.379 e. The Morgan fingerprint density at radius 3 is 2.55 bits per heavy atom. The fourth-order valence-electron chi connectivity index (χ4n) is 6.35. The van der Waals surface area contributed by atoms with E-state index in [1.54, 1.807) is 11.3 Å². The van der Waals surface area contributed by atoms with Crippen LogP contribution in [0.5, 0.6) is 0 Å². The summed E-state index contributed by atoms with van der Waals surface area (Å²) in [6.07, 6.45) is 9.52. The van der Waals surface area contributed by atoms with Gasteiger partial charge in [-0.15, -0.1) is 11.3 Å². The number of nitrogens with one attached hydrogen (secondary N) is 1. The maximum absolute atomic E-state index is 13.8. The van der Waals surface area contributed by atoms with E-state index >= 15 is 0 Å². The van der Waals surface area contributed by atoms with Crippen LogP contribution in [0.25, 0.3) is 10.2 Å². The monoisotopic (exact) mass is 597 g/mol. The molecule has 2 aliphatic rings. The number of hydrogen-bond donors (Lipinski definition) is 1. The number of rotatable bonds is 16. The molecule has 1 saturated carbocycles. The number of Topliss-reactive ketones (excluding diaryl/α,β-unsaturated/α-hetero) is 2. The molecule has 1 saturated heterocycles. The third-order valence-corrected chi connectivity index (χ3v) is 10.1. The number of hydrogen-bond acceptors (Lipinski definition) is 7. The SMILES string of the molecule is CCC(=O)C[C@@H](Cc1nc2ccc(C(C)C)cc2s1)C(=O)N[C@H](CCC(=O)CCCN1CCOCC1)C1CCCCC1. The Morgan fingerprint density at radius 2 is 1.83 bits per heavy atom. The summed E-state index contributed by atoms with van der Waals surface area (Å²) in [6.45, 7) is 10.6. The lowest BCUT2D eigenvalue weighted by atomic mass is 9.81. The van der Waals surface area contributed by atoms with Gasteiger partial charge in [0, 0.05) is 51.2 Å². The Kier molecular flexibility index (Phi) is 13.0. The summed E-state index contributed by atoms with van der Waals surface area (Å²) in [5.74, 6) is 0.707. The van der Waals surface area contributed by atoms with Crippen LogP contribution in [0.4, 0.5) is 0 Å². The van der Waals surface area contributed by atoms with E-state index in [1.165, 1.54) is 24.8 Å². The molecule has 42 heavy (non-hydrogen) atoms. The maximum Gasteiger partial charge on any atom is 0.224 e. The van der Waals surface area contributed by atoms with Crippen LogP contribution in [0, 0.1) is 11.8 Å². The molecule has 8 heteroatoms. The largest absolute Gasteiger partial charge is 0.379 e. The molecule has 2 atom stereocenters. The van der Waals surface area contributed by atoms with Crippen LogP contribution in [0.1, 0.15) is 108 Å². The molecular weight excluding hydrogens is 546 g/mol. The van der Waals surface area contributed by atoms with Gasteiger partial charge in [-0.3, -0.25) is 19.3 Å². The molecule has 0 unspecified atom stereocenters. The molecule has 0 spiro atoms. The highest BCUT2D eigenvalue weighted by molar-refractivity contribution is 7.18. The molecule has 7 nitrogen and oxygen atoms in total. The van der Waals surface area contributed by atoms with Gasteiger partial charge in [-0.1, -0.05) is 46.1 Å². The van der Waals surface area contributed by atoms with Gasteiger partial charge in [-0.05, 0) is 61.8 Å². The second kappa shape index (κ2) is 16.6. The molecule has 2 fully saturated rings. The normalized spacial score (nSPS) is 18.3. The van der Waals surface area contributed by atoms with Crippen molar-refractivity contribution in [3.05, 3.63) is 28.8 Å². The number of amides is 1. The van der Waals surface area contributed by atoms with Gasteiger partial charge in [0.15, 0.2) is 0 Å². The first kappa shape index (κ1) is 32.7. The zero-order valence-corrected chi connectivity index (χ0v) is 26.8.